The fourth-order valence-corrected chi connectivity index (χ4v) is 2.55. The van der Waals surface area contributed by atoms with Crippen molar-refractivity contribution in [1.82, 2.24) is 0 Å². The van der Waals surface area contributed by atoms with Crippen LogP contribution in [0, 0.1) is 5.92 Å². The Bertz CT molecular complexity index is 305. The normalized spacial score (nSPS) is 23.9. The van der Waals surface area contributed by atoms with Crippen molar-refractivity contribution in [2.24, 2.45) is 5.92 Å². The van der Waals surface area contributed by atoms with Crippen molar-refractivity contribution in [3.05, 3.63) is 33.8 Å². The maximum Gasteiger partial charge on any atom is -0.0103 e. The van der Waals surface area contributed by atoms with Gasteiger partial charge in [-0.2, -0.15) is 0 Å². The average molecular weight is 208 g/mol. The topological polar surface area (TPSA) is 0 Å². The van der Waals surface area contributed by atoms with E-state index in [0.29, 0.717) is 5.92 Å². The Balaban J connectivity index is 3.18. The van der Waals surface area contributed by atoms with Crippen molar-refractivity contribution >= 4 is 12.6 Å². The molecule has 0 aromatic carbocycles. The summed E-state index contributed by atoms with van der Waals surface area (Å²) in [6, 6.07) is 0. The first-order valence-corrected chi connectivity index (χ1v) is 5.81. The third-order valence-electron chi connectivity index (χ3n) is 3.04. The van der Waals surface area contributed by atoms with Gasteiger partial charge in [0.25, 0.3) is 0 Å². The van der Waals surface area contributed by atoms with Gasteiger partial charge in [0.15, 0.2) is 0 Å². The Morgan fingerprint density at radius 1 is 1.50 bits per heavy atom. The molecule has 0 saturated heterocycles. The van der Waals surface area contributed by atoms with Crippen LogP contribution in [0.4, 0.5) is 0 Å². The lowest BCUT2D eigenvalue weighted by Gasteiger charge is -2.25. The Morgan fingerprint density at radius 2 is 2.14 bits per heavy atom. The van der Waals surface area contributed by atoms with Gasteiger partial charge in [0.2, 0.25) is 0 Å². The highest BCUT2D eigenvalue weighted by Crippen LogP contribution is 2.37. The summed E-state index contributed by atoms with van der Waals surface area (Å²) in [5.41, 5.74) is 4.39. The minimum atomic E-state index is 0.659. The number of hydrogen-bond acceptors (Lipinski definition) is 1. The molecule has 0 aromatic heterocycles. The van der Waals surface area contributed by atoms with Crippen molar-refractivity contribution < 1.29 is 0 Å². The lowest BCUT2D eigenvalue weighted by Crippen LogP contribution is -2.08. The molecule has 1 aliphatic carbocycles. The molecule has 0 spiro atoms. The van der Waals surface area contributed by atoms with Crippen LogP contribution in [0.1, 0.15) is 40.5 Å². The van der Waals surface area contributed by atoms with Crippen molar-refractivity contribution in [3.8, 4) is 0 Å². The van der Waals surface area contributed by atoms with E-state index in [0.717, 1.165) is 12.8 Å². The zero-order valence-corrected chi connectivity index (χ0v) is 10.5. The average Bonchev–Trinajstić information content (AvgIpc) is 2.15. The molecule has 0 aromatic rings. The number of thiol groups is 1. The van der Waals surface area contributed by atoms with Gasteiger partial charge in [0.1, 0.15) is 0 Å². The van der Waals surface area contributed by atoms with E-state index in [4.69, 9.17) is 0 Å². The van der Waals surface area contributed by atoms with Gasteiger partial charge < -0.3 is 0 Å². The molecule has 0 bridgehead atoms. The fourth-order valence-electron chi connectivity index (χ4n) is 2.07. The molecule has 1 atom stereocenters. The highest BCUT2D eigenvalue weighted by molar-refractivity contribution is 7.84. The third-order valence-corrected chi connectivity index (χ3v) is 3.46. The Labute approximate surface area is 93.2 Å². The van der Waals surface area contributed by atoms with Crippen molar-refractivity contribution in [2.75, 3.05) is 0 Å². The molecule has 0 N–H and O–H groups in total. The van der Waals surface area contributed by atoms with Crippen molar-refractivity contribution in [2.45, 2.75) is 40.5 Å². The van der Waals surface area contributed by atoms with Gasteiger partial charge in [-0.3, -0.25) is 0 Å². The van der Waals surface area contributed by atoms with E-state index >= 15 is 0 Å². The first kappa shape index (κ1) is 11.6. The predicted octanol–water partition coefficient (Wildman–Crippen LogP) is 4.51. The first-order chi connectivity index (χ1) is 6.61. The van der Waals surface area contributed by atoms with Gasteiger partial charge in [-0.05, 0) is 48.7 Å². The number of hydrogen-bond donors (Lipinski definition) is 1. The summed E-state index contributed by atoms with van der Waals surface area (Å²) in [5.74, 6) is 0.659. The third kappa shape index (κ3) is 2.14. The lowest BCUT2D eigenvalue weighted by molar-refractivity contribution is 0.661. The second-order valence-corrected chi connectivity index (χ2v) is 4.52. The molecule has 0 nitrogen and oxygen atoms in total. The zero-order valence-electron chi connectivity index (χ0n) is 9.59. The van der Waals surface area contributed by atoms with Crippen LogP contribution in [0.15, 0.2) is 33.8 Å². The summed E-state index contributed by atoms with van der Waals surface area (Å²) >= 11 is 4.60. The van der Waals surface area contributed by atoms with E-state index < -0.39 is 0 Å². The molecule has 0 radical (unpaired) electrons. The molecule has 78 valence electrons. The molecule has 0 amide bonds. The van der Waals surface area contributed by atoms with Crippen molar-refractivity contribution in [3.63, 3.8) is 0 Å². The van der Waals surface area contributed by atoms with Gasteiger partial charge in [0.05, 0.1) is 0 Å². The van der Waals surface area contributed by atoms with E-state index in [-0.39, 0.29) is 0 Å². The second kappa shape index (κ2) is 4.88. The molecule has 1 heteroatoms. The second-order valence-electron chi connectivity index (χ2n) is 3.98. The standard InChI is InChI=1S/C13H20S/c1-5-7-12-11(6-2)10(4)9(3)8-13(12)14/h5,7,9,14H,6,8H2,1-4H3/b7-5-. The minimum Gasteiger partial charge on any atom is -0.147 e. The van der Waals surface area contributed by atoms with E-state index in [1.807, 2.05) is 0 Å². The quantitative estimate of drug-likeness (QED) is 0.634. The fraction of sp³-hybridized carbons (Fsp3) is 0.538. The SMILES string of the molecule is C/C=C\C1=C(S)CC(C)C(C)=C1CC. The van der Waals surface area contributed by atoms with E-state index in [1.165, 1.54) is 16.1 Å². The predicted molar refractivity (Wildman–Crippen MR) is 67.6 cm³/mol. The molecule has 0 heterocycles. The Morgan fingerprint density at radius 3 is 2.64 bits per heavy atom. The van der Waals surface area contributed by atoms with Crippen LogP contribution in [-0.4, -0.2) is 0 Å². The number of allylic oxidation sites excluding steroid dienone is 6. The van der Waals surface area contributed by atoms with Crippen LogP contribution in [0.2, 0.25) is 0 Å². The molecule has 1 rings (SSSR count). The smallest absolute Gasteiger partial charge is 0.0103 e. The molecule has 1 aliphatic rings. The summed E-state index contributed by atoms with van der Waals surface area (Å²) in [6.45, 7) is 8.83. The first-order valence-electron chi connectivity index (χ1n) is 5.36. The molecule has 0 fully saturated rings. The molecule has 0 aliphatic heterocycles. The maximum atomic E-state index is 4.60. The highest BCUT2D eigenvalue weighted by atomic mass is 32.1. The zero-order chi connectivity index (χ0) is 10.7. The van der Waals surface area contributed by atoms with Gasteiger partial charge in [-0.1, -0.05) is 31.6 Å². The van der Waals surface area contributed by atoms with Crippen LogP contribution < -0.4 is 0 Å². The van der Waals surface area contributed by atoms with Crippen LogP contribution >= 0.6 is 12.6 Å². The van der Waals surface area contributed by atoms with E-state index in [1.54, 1.807) is 5.57 Å². The number of rotatable bonds is 2. The highest BCUT2D eigenvalue weighted by Gasteiger charge is 2.19. The molecular weight excluding hydrogens is 188 g/mol. The Kier molecular flexibility index (Phi) is 4.06. The Hall–Kier alpha value is -0.430. The van der Waals surface area contributed by atoms with E-state index in [2.05, 4.69) is 52.5 Å². The summed E-state index contributed by atoms with van der Waals surface area (Å²) in [4.78, 5) is 1.25. The van der Waals surface area contributed by atoms with Crippen LogP contribution in [0.3, 0.4) is 0 Å². The molecule has 0 saturated carbocycles. The lowest BCUT2D eigenvalue weighted by atomic mass is 9.83. The van der Waals surface area contributed by atoms with E-state index in [9.17, 15) is 0 Å². The monoisotopic (exact) mass is 208 g/mol. The largest absolute Gasteiger partial charge is 0.147 e. The van der Waals surface area contributed by atoms with Gasteiger partial charge >= 0.3 is 0 Å². The summed E-state index contributed by atoms with van der Waals surface area (Å²) in [5, 5.41) is 0. The summed E-state index contributed by atoms with van der Waals surface area (Å²) in [7, 11) is 0. The summed E-state index contributed by atoms with van der Waals surface area (Å²) in [6.07, 6.45) is 6.50. The van der Waals surface area contributed by atoms with Gasteiger partial charge in [0, 0.05) is 0 Å². The maximum absolute atomic E-state index is 4.60. The van der Waals surface area contributed by atoms with Crippen LogP contribution in [0.5, 0.6) is 0 Å². The van der Waals surface area contributed by atoms with Crippen LogP contribution in [0.25, 0.3) is 0 Å². The van der Waals surface area contributed by atoms with Gasteiger partial charge in [-0.15, -0.1) is 12.6 Å². The van der Waals surface area contributed by atoms with Gasteiger partial charge in [-0.25, -0.2) is 0 Å². The molecule has 14 heavy (non-hydrogen) atoms. The summed E-state index contributed by atoms with van der Waals surface area (Å²) < 4.78 is 0. The molecule has 1 unspecified atom stereocenters. The minimum absolute atomic E-state index is 0.659. The molecular formula is C13H20S. The van der Waals surface area contributed by atoms with Crippen molar-refractivity contribution in [1.29, 1.82) is 0 Å². The van der Waals surface area contributed by atoms with Crippen LogP contribution in [-0.2, 0) is 0 Å².